The number of hydrogen-bond acceptors (Lipinski definition) is 8. The van der Waals surface area contributed by atoms with Gasteiger partial charge in [0.2, 0.25) is 0 Å². The summed E-state index contributed by atoms with van der Waals surface area (Å²) in [6.45, 7) is 0. The summed E-state index contributed by atoms with van der Waals surface area (Å²) < 4.78 is 4.95. The minimum absolute atomic E-state index is 0.319. The van der Waals surface area contributed by atoms with Crippen molar-refractivity contribution in [2.45, 2.75) is 30.8 Å². The first-order valence-corrected chi connectivity index (χ1v) is 7.38. The zero-order chi connectivity index (χ0) is 18.7. The molecule has 2 rings (SSSR count). The van der Waals surface area contributed by atoms with Crippen molar-refractivity contribution >= 4 is 18.0 Å². The minimum Gasteiger partial charge on any atom is -0.504 e. The number of aliphatic hydroxyl groups excluding tert-OH is 3. The lowest BCUT2D eigenvalue weighted by molar-refractivity contribution is -0.188. The predicted molar refractivity (Wildman–Crippen MR) is 82.4 cm³/mol. The molecule has 0 bridgehead atoms. The Bertz CT molecular complexity index is 684. The molecular formula is C16H18O9. The summed E-state index contributed by atoms with van der Waals surface area (Å²) in [5, 5.41) is 56.9. The first kappa shape index (κ1) is 18.7. The summed E-state index contributed by atoms with van der Waals surface area (Å²) in [6.07, 6.45) is -4.26. The summed E-state index contributed by atoms with van der Waals surface area (Å²) in [5.74, 6) is -4.62. The van der Waals surface area contributed by atoms with Gasteiger partial charge in [-0.15, -0.1) is 0 Å². The highest BCUT2D eigenvalue weighted by molar-refractivity contribution is 5.87. The number of phenolic OH excluding ortho intramolecular Hbond substituents is 2. The van der Waals surface area contributed by atoms with Crippen LogP contribution >= 0.6 is 0 Å². The molecule has 1 fully saturated rings. The highest BCUT2D eigenvalue weighted by Gasteiger charge is 2.47. The van der Waals surface area contributed by atoms with Gasteiger partial charge in [-0.25, -0.2) is 4.79 Å². The Kier molecular flexibility index (Phi) is 5.62. The molecule has 1 unspecified atom stereocenters. The van der Waals surface area contributed by atoms with Crippen molar-refractivity contribution in [3.05, 3.63) is 29.8 Å². The second-order valence-electron chi connectivity index (χ2n) is 5.71. The Labute approximate surface area is 142 Å². The number of rotatable bonds is 4. The third-order valence-corrected chi connectivity index (χ3v) is 3.95. The SMILES string of the molecule is O=C(/C=C/c1ccc(O)c(O)c1)O[C@@H]1C[C@@H](O)C(C(=O)O)[C@@H](O)[C@H]1O. The molecule has 1 aliphatic rings. The van der Waals surface area contributed by atoms with Gasteiger partial charge in [-0.05, 0) is 23.8 Å². The van der Waals surface area contributed by atoms with Crippen LogP contribution in [0, 0.1) is 5.92 Å². The molecule has 1 aliphatic carbocycles. The standard InChI is InChI=1S/C16H18O9/c17-8-3-1-7(5-9(8)18)2-4-12(20)25-11-6-10(19)13(16(23)24)15(22)14(11)21/h1-5,10-11,13-15,17-19,21-22H,6H2,(H,23,24)/b4-2+/t10-,11-,13?,14+,15-/m1/s1. The van der Waals surface area contributed by atoms with Crippen LogP contribution in [0.4, 0.5) is 0 Å². The van der Waals surface area contributed by atoms with Gasteiger partial charge < -0.3 is 35.4 Å². The Morgan fingerprint density at radius 3 is 2.36 bits per heavy atom. The highest BCUT2D eigenvalue weighted by atomic mass is 16.6. The molecule has 6 N–H and O–H groups in total. The Hall–Kier alpha value is -2.62. The van der Waals surface area contributed by atoms with E-state index in [2.05, 4.69) is 0 Å². The van der Waals surface area contributed by atoms with Crippen molar-refractivity contribution in [1.29, 1.82) is 0 Å². The van der Waals surface area contributed by atoms with E-state index in [1.54, 1.807) is 0 Å². The van der Waals surface area contributed by atoms with Crippen LogP contribution in [0.5, 0.6) is 11.5 Å². The van der Waals surface area contributed by atoms with Gasteiger partial charge in [-0.2, -0.15) is 0 Å². The van der Waals surface area contributed by atoms with Crippen LogP contribution in [-0.2, 0) is 14.3 Å². The Morgan fingerprint density at radius 1 is 1.08 bits per heavy atom. The molecule has 1 aromatic carbocycles. The lowest BCUT2D eigenvalue weighted by Crippen LogP contribution is -2.56. The third-order valence-electron chi connectivity index (χ3n) is 3.95. The first-order valence-electron chi connectivity index (χ1n) is 7.38. The van der Waals surface area contributed by atoms with Gasteiger partial charge in [0.05, 0.1) is 12.2 Å². The molecule has 0 aliphatic heterocycles. The van der Waals surface area contributed by atoms with Crippen LogP contribution in [0.25, 0.3) is 6.08 Å². The van der Waals surface area contributed by atoms with E-state index in [0.717, 1.165) is 6.08 Å². The fraction of sp³-hybridized carbons (Fsp3) is 0.375. The van der Waals surface area contributed by atoms with Gasteiger partial charge in [-0.3, -0.25) is 4.79 Å². The van der Waals surface area contributed by atoms with Crippen molar-refractivity contribution in [3.63, 3.8) is 0 Å². The molecule has 136 valence electrons. The maximum absolute atomic E-state index is 11.8. The monoisotopic (exact) mass is 354 g/mol. The largest absolute Gasteiger partial charge is 0.504 e. The molecule has 0 saturated heterocycles. The van der Waals surface area contributed by atoms with Crippen molar-refractivity contribution in [2.24, 2.45) is 5.92 Å². The van der Waals surface area contributed by atoms with E-state index in [4.69, 9.17) is 9.84 Å². The molecule has 9 nitrogen and oxygen atoms in total. The second kappa shape index (κ2) is 7.51. The highest BCUT2D eigenvalue weighted by Crippen LogP contribution is 2.28. The number of phenols is 2. The van der Waals surface area contributed by atoms with Crippen LogP contribution in [0.3, 0.4) is 0 Å². The second-order valence-corrected chi connectivity index (χ2v) is 5.71. The maximum atomic E-state index is 11.8. The zero-order valence-electron chi connectivity index (χ0n) is 12.9. The molecule has 0 amide bonds. The number of aromatic hydroxyl groups is 2. The lowest BCUT2D eigenvalue weighted by atomic mass is 9.80. The first-order chi connectivity index (χ1) is 11.7. The van der Waals surface area contributed by atoms with Gasteiger partial charge in [0.25, 0.3) is 0 Å². The summed E-state index contributed by atoms with van der Waals surface area (Å²) in [7, 11) is 0. The van der Waals surface area contributed by atoms with Gasteiger partial charge >= 0.3 is 11.9 Å². The number of benzene rings is 1. The number of carbonyl (C=O) groups is 2. The fourth-order valence-corrected chi connectivity index (χ4v) is 2.61. The molecule has 1 aromatic rings. The Balaban J connectivity index is 2.01. The molecule has 0 aromatic heterocycles. The van der Waals surface area contributed by atoms with Crippen LogP contribution in [0.15, 0.2) is 24.3 Å². The molecular weight excluding hydrogens is 336 g/mol. The van der Waals surface area contributed by atoms with E-state index >= 15 is 0 Å². The molecule has 5 atom stereocenters. The predicted octanol–water partition coefficient (Wildman–Crippen LogP) is -0.790. The van der Waals surface area contributed by atoms with Crippen LogP contribution in [0.2, 0.25) is 0 Å². The maximum Gasteiger partial charge on any atom is 0.331 e. The summed E-state index contributed by atoms with van der Waals surface area (Å²) in [5.41, 5.74) is 0.391. The number of hydrogen-bond donors (Lipinski definition) is 6. The minimum atomic E-state index is -1.78. The number of carbonyl (C=O) groups excluding carboxylic acids is 1. The summed E-state index contributed by atoms with van der Waals surface area (Å²) >= 11 is 0. The van der Waals surface area contributed by atoms with Gasteiger partial charge in [-0.1, -0.05) is 6.07 Å². The quantitative estimate of drug-likeness (QED) is 0.231. The van der Waals surface area contributed by atoms with E-state index in [0.29, 0.717) is 5.56 Å². The number of ether oxygens (including phenoxy) is 1. The molecule has 0 spiro atoms. The van der Waals surface area contributed by atoms with Gasteiger partial charge in [0, 0.05) is 12.5 Å². The van der Waals surface area contributed by atoms with Crippen molar-refractivity contribution in [3.8, 4) is 11.5 Å². The van der Waals surface area contributed by atoms with Crippen molar-refractivity contribution in [1.82, 2.24) is 0 Å². The third kappa shape index (κ3) is 4.27. The van der Waals surface area contributed by atoms with Crippen LogP contribution < -0.4 is 0 Å². The molecule has 1 saturated carbocycles. The van der Waals surface area contributed by atoms with Crippen LogP contribution in [0.1, 0.15) is 12.0 Å². The van der Waals surface area contributed by atoms with Crippen molar-refractivity contribution < 1.29 is 45.0 Å². The van der Waals surface area contributed by atoms with Gasteiger partial charge in [0.1, 0.15) is 18.1 Å². The van der Waals surface area contributed by atoms with Crippen LogP contribution in [-0.4, -0.2) is 67.0 Å². The molecule has 25 heavy (non-hydrogen) atoms. The van der Waals surface area contributed by atoms with E-state index in [1.807, 2.05) is 0 Å². The van der Waals surface area contributed by atoms with E-state index in [-0.39, 0.29) is 17.9 Å². The molecule has 0 radical (unpaired) electrons. The normalized spacial score (nSPS) is 29.5. The smallest absolute Gasteiger partial charge is 0.331 e. The molecule has 0 heterocycles. The topological polar surface area (TPSA) is 165 Å². The Morgan fingerprint density at radius 2 is 1.76 bits per heavy atom. The van der Waals surface area contributed by atoms with E-state index in [1.165, 1.54) is 24.3 Å². The number of carboxylic acids is 1. The van der Waals surface area contributed by atoms with Gasteiger partial charge in [0.15, 0.2) is 11.5 Å². The lowest BCUT2D eigenvalue weighted by Gasteiger charge is -2.37. The number of aliphatic carboxylic acids is 1. The number of carboxylic acid groups (broad SMARTS) is 1. The zero-order valence-corrected chi connectivity index (χ0v) is 12.9. The van der Waals surface area contributed by atoms with Crippen molar-refractivity contribution in [2.75, 3.05) is 0 Å². The summed E-state index contributed by atoms with van der Waals surface area (Å²) in [4.78, 5) is 22.8. The average molecular weight is 354 g/mol. The molecule has 9 heteroatoms. The number of esters is 1. The fourth-order valence-electron chi connectivity index (χ4n) is 2.61. The number of aliphatic hydroxyl groups is 3. The van der Waals surface area contributed by atoms with E-state index in [9.17, 15) is 35.1 Å². The summed E-state index contributed by atoms with van der Waals surface area (Å²) in [6, 6.07) is 3.86. The van der Waals surface area contributed by atoms with E-state index < -0.39 is 42.3 Å². The average Bonchev–Trinajstić information content (AvgIpc) is 2.53.